The van der Waals surface area contributed by atoms with Crippen molar-refractivity contribution in [3.8, 4) is 0 Å². The first-order valence-electron chi connectivity index (χ1n) is 7.50. The molecule has 1 aromatic rings. The molecule has 0 amide bonds. The summed E-state index contributed by atoms with van der Waals surface area (Å²) < 4.78 is 0. The molecule has 1 unspecified atom stereocenters. The molecule has 2 nitrogen and oxygen atoms in total. The van der Waals surface area contributed by atoms with Crippen molar-refractivity contribution in [3.63, 3.8) is 0 Å². The average molecular weight is 295 g/mol. The average Bonchev–Trinajstić information content (AvgIpc) is 2.40. The molecule has 114 valence electrons. The van der Waals surface area contributed by atoms with Gasteiger partial charge in [-0.15, -0.1) is 0 Å². The number of rotatable bonds is 9. The van der Waals surface area contributed by atoms with Gasteiger partial charge in [-0.2, -0.15) is 11.8 Å². The lowest BCUT2D eigenvalue weighted by Gasteiger charge is -2.24. The predicted octanol–water partition coefficient (Wildman–Crippen LogP) is 3.62. The Labute approximate surface area is 129 Å². The van der Waals surface area contributed by atoms with Crippen LogP contribution in [-0.4, -0.2) is 36.5 Å². The fourth-order valence-electron chi connectivity index (χ4n) is 2.08. The van der Waals surface area contributed by atoms with Crippen LogP contribution in [0.3, 0.4) is 0 Å². The van der Waals surface area contributed by atoms with E-state index in [0.717, 1.165) is 19.6 Å². The molecule has 1 rings (SSSR count). The lowest BCUT2D eigenvalue weighted by atomic mass is 10.1. The summed E-state index contributed by atoms with van der Waals surface area (Å²) in [6.07, 6.45) is 2.17. The smallest absolute Gasteiger partial charge is 0.0233 e. The van der Waals surface area contributed by atoms with Gasteiger partial charge in [0.25, 0.3) is 0 Å². The Morgan fingerprint density at radius 3 is 2.25 bits per heavy atom. The number of nitrogens with zero attached hydrogens (tertiary/aromatic N) is 1. The van der Waals surface area contributed by atoms with Crippen molar-refractivity contribution < 1.29 is 0 Å². The summed E-state index contributed by atoms with van der Waals surface area (Å²) in [7, 11) is 2.21. The summed E-state index contributed by atoms with van der Waals surface area (Å²) in [6, 6.07) is 9.63. The molecule has 1 aromatic carbocycles. The van der Waals surface area contributed by atoms with Crippen molar-refractivity contribution in [2.45, 2.75) is 39.9 Å². The van der Waals surface area contributed by atoms with Gasteiger partial charge in [-0.3, -0.25) is 4.90 Å². The molecule has 0 spiro atoms. The molecule has 0 saturated heterocycles. The molecule has 0 aromatic heterocycles. The SMILES string of the molecule is CSCC(C)N(C)Cc1ccc(CNCC(C)C)cc1. The Balaban J connectivity index is 2.41. The number of benzene rings is 1. The topological polar surface area (TPSA) is 15.3 Å². The maximum atomic E-state index is 3.48. The molecule has 0 aliphatic heterocycles. The summed E-state index contributed by atoms with van der Waals surface area (Å²) in [6.45, 7) is 9.85. The molecule has 3 heteroatoms. The Bertz CT molecular complexity index is 362. The van der Waals surface area contributed by atoms with Gasteiger partial charge in [-0.25, -0.2) is 0 Å². The van der Waals surface area contributed by atoms with E-state index in [4.69, 9.17) is 0 Å². The van der Waals surface area contributed by atoms with Crippen LogP contribution in [0.5, 0.6) is 0 Å². The molecule has 0 saturated carbocycles. The molecular weight excluding hydrogens is 264 g/mol. The first kappa shape index (κ1) is 17.5. The van der Waals surface area contributed by atoms with Gasteiger partial charge in [0, 0.05) is 24.9 Å². The standard InChI is InChI=1S/C17H30N2S/c1-14(2)10-18-11-16-6-8-17(9-7-16)12-19(4)15(3)13-20-5/h6-9,14-15,18H,10-13H2,1-5H3. The third-order valence-corrected chi connectivity index (χ3v) is 4.31. The molecule has 0 heterocycles. The van der Waals surface area contributed by atoms with Gasteiger partial charge in [-0.1, -0.05) is 38.1 Å². The maximum absolute atomic E-state index is 3.48. The first-order chi connectivity index (χ1) is 9.52. The molecule has 0 aliphatic carbocycles. The zero-order valence-corrected chi connectivity index (χ0v) is 14.5. The monoisotopic (exact) mass is 294 g/mol. The van der Waals surface area contributed by atoms with Crippen LogP contribution < -0.4 is 5.32 Å². The largest absolute Gasteiger partial charge is 0.312 e. The molecule has 0 bridgehead atoms. The molecule has 0 aliphatic rings. The molecule has 20 heavy (non-hydrogen) atoms. The van der Waals surface area contributed by atoms with E-state index in [1.54, 1.807) is 0 Å². The fourth-order valence-corrected chi connectivity index (χ4v) is 2.82. The van der Waals surface area contributed by atoms with E-state index in [0.29, 0.717) is 12.0 Å². The fraction of sp³-hybridized carbons (Fsp3) is 0.647. The van der Waals surface area contributed by atoms with E-state index in [1.165, 1.54) is 16.9 Å². The van der Waals surface area contributed by atoms with Gasteiger partial charge in [0.2, 0.25) is 0 Å². The second-order valence-electron chi connectivity index (χ2n) is 6.06. The molecule has 0 fully saturated rings. The van der Waals surface area contributed by atoms with Gasteiger partial charge in [0.05, 0.1) is 0 Å². The zero-order valence-electron chi connectivity index (χ0n) is 13.6. The molecular formula is C17H30N2S. The zero-order chi connectivity index (χ0) is 15.0. The van der Waals surface area contributed by atoms with Crippen molar-refractivity contribution >= 4 is 11.8 Å². The highest BCUT2D eigenvalue weighted by molar-refractivity contribution is 7.98. The first-order valence-corrected chi connectivity index (χ1v) is 8.90. The minimum Gasteiger partial charge on any atom is -0.312 e. The normalized spacial score (nSPS) is 13.2. The highest BCUT2D eigenvalue weighted by Crippen LogP contribution is 2.11. The van der Waals surface area contributed by atoms with Crippen LogP contribution in [0.15, 0.2) is 24.3 Å². The van der Waals surface area contributed by atoms with E-state index in [2.05, 4.69) is 68.6 Å². The van der Waals surface area contributed by atoms with Gasteiger partial charge in [0.1, 0.15) is 0 Å². The van der Waals surface area contributed by atoms with Crippen molar-refractivity contribution in [1.29, 1.82) is 0 Å². The Morgan fingerprint density at radius 2 is 1.70 bits per heavy atom. The van der Waals surface area contributed by atoms with Gasteiger partial charge >= 0.3 is 0 Å². The maximum Gasteiger partial charge on any atom is 0.0233 e. The van der Waals surface area contributed by atoms with E-state index >= 15 is 0 Å². The third kappa shape index (κ3) is 6.78. The van der Waals surface area contributed by atoms with Crippen LogP contribution in [0.4, 0.5) is 0 Å². The molecule has 1 atom stereocenters. The molecule has 0 radical (unpaired) electrons. The van der Waals surface area contributed by atoms with E-state index < -0.39 is 0 Å². The second-order valence-corrected chi connectivity index (χ2v) is 6.97. The van der Waals surface area contributed by atoms with Crippen LogP contribution in [-0.2, 0) is 13.1 Å². The molecule has 1 N–H and O–H groups in total. The van der Waals surface area contributed by atoms with Crippen molar-refractivity contribution in [2.75, 3.05) is 25.6 Å². The number of hydrogen-bond donors (Lipinski definition) is 1. The van der Waals surface area contributed by atoms with Crippen molar-refractivity contribution in [1.82, 2.24) is 10.2 Å². The summed E-state index contributed by atoms with van der Waals surface area (Å²) >= 11 is 1.91. The van der Waals surface area contributed by atoms with Gasteiger partial charge in [0.15, 0.2) is 0 Å². The van der Waals surface area contributed by atoms with E-state index in [9.17, 15) is 0 Å². The Morgan fingerprint density at radius 1 is 1.10 bits per heavy atom. The van der Waals surface area contributed by atoms with Crippen LogP contribution in [0.2, 0.25) is 0 Å². The number of hydrogen-bond acceptors (Lipinski definition) is 3. The number of nitrogens with one attached hydrogen (secondary N) is 1. The summed E-state index contributed by atoms with van der Waals surface area (Å²) in [4.78, 5) is 2.42. The lowest BCUT2D eigenvalue weighted by molar-refractivity contribution is 0.270. The second kappa shape index (κ2) is 9.43. The van der Waals surface area contributed by atoms with E-state index in [1.807, 2.05) is 11.8 Å². The Hall–Kier alpha value is -0.510. The Kier molecular flexibility index (Phi) is 8.27. The highest BCUT2D eigenvalue weighted by Gasteiger charge is 2.08. The minimum absolute atomic E-state index is 0.623. The predicted molar refractivity (Wildman–Crippen MR) is 92.3 cm³/mol. The van der Waals surface area contributed by atoms with Gasteiger partial charge < -0.3 is 5.32 Å². The number of thioether (sulfide) groups is 1. The quantitative estimate of drug-likeness (QED) is 0.749. The van der Waals surface area contributed by atoms with Crippen molar-refractivity contribution in [3.05, 3.63) is 35.4 Å². The van der Waals surface area contributed by atoms with Crippen LogP contribution in [0, 0.1) is 5.92 Å². The summed E-state index contributed by atoms with van der Waals surface area (Å²) in [5, 5.41) is 3.48. The van der Waals surface area contributed by atoms with E-state index in [-0.39, 0.29) is 0 Å². The van der Waals surface area contributed by atoms with Gasteiger partial charge in [-0.05, 0) is 43.8 Å². The van der Waals surface area contributed by atoms with Crippen LogP contribution in [0.25, 0.3) is 0 Å². The summed E-state index contributed by atoms with van der Waals surface area (Å²) in [5.74, 6) is 1.90. The van der Waals surface area contributed by atoms with Crippen LogP contribution in [0.1, 0.15) is 31.9 Å². The minimum atomic E-state index is 0.623. The third-order valence-electron chi connectivity index (χ3n) is 3.50. The summed E-state index contributed by atoms with van der Waals surface area (Å²) in [5.41, 5.74) is 2.77. The highest BCUT2D eigenvalue weighted by atomic mass is 32.2. The lowest BCUT2D eigenvalue weighted by Crippen LogP contribution is -2.30. The van der Waals surface area contributed by atoms with Crippen molar-refractivity contribution in [2.24, 2.45) is 5.92 Å². The van der Waals surface area contributed by atoms with Crippen LogP contribution >= 0.6 is 11.8 Å².